The lowest BCUT2D eigenvalue weighted by molar-refractivity contribution is -0.174. The van der Waals surface area contributed by atoms with Crippen LogP contribution in [0, 0.1) is 23.7 Å². The molecule has 0 saturated carbocycles. The van der Waals surface area contributed by atoms with E-state index < -0.39 is 5.54 Å². The zero-order chi connectivity index (χ0) is 35.9. The van der Waals surface area contributed by atoms with Gasteiger partial charge in [0.15, 0.2) is 5.13 Å². The van der Waals surface area contributed by atoms with Crippen LogP contribution < -0.4 is 21.9 Å². The highest BCUT2D eigenvalue weighted by Gasteiger charge is 2.51. The van der Waals surface area contributed by atoms with Gasteiger partial charge in [-0.2, -0.15) is 5.26 Å². The van der Waals surface area contributed by atoms with Crippen LogP contribution in [-0.2, 0) is 10.3 Å². The summed E-state index contributed by atoms with van der Waals surface area (Å²) in [5.41, 5.74) is 13.7. The van der Waals surface area contributed by atoms with E-state index in [0.717, 1.165) is 38.3 Å². The number of ether oxygens (including phenoxy) is 1. The molecule has 2 amide bonds. The summed E-state index contributed by atoms with van der Waals surface area (Å²) in [6, 6.07) is 44.0. The summed E-state index contributed by atoms with van der Waals surface area (Å²) in [6.45, 7) is 4.66. The van der Waals surface area contributed by atoms with Gasteiger partial charge >= 0.3 is 6.03 Å². The molecule has 0 bridgehead atoms. The van der Waals surface area contributed by atoms with Crippen LogP contribution >= 0.6 is 11.3 Å². The van der Waals surface area contributed by atoms with Crippen LogP contribution in [-0.4, -0.2) is 42.2 Å². The predicted molar refractivity (Wildman–Crippen MR) is 207 cm³/mol. The molecule has 258 valence electrons. The molecular weight excluding hydrogens is 667 g/mol. The molecular formula is C42H37N7O2S. The first-order valence-corrected chi connectivity index (χ1v) is 17.9. The molecule has 0 unspecified atom stereocenters. The zero-order valence-electron chi connectivity index (χ0n) is 28.6. The van der Waals surface area contributed by atoms with E-state index >= 15 is 0 Å². The van der Waals surface area contributed by atoms with Crippen molar-refractivity contribution in [3.8, 4) is 27.8 Å². The van der Waals surface area contributed by atoms with Gasteiger partial charge in [0.05, 0.1) is 52.2 Å². The van der Waals surface area contributed by atoms with Gasteiger partial charge in [-0.05, 0) is 59.0 Å². The van der Waals surface area contributed by atoms with Crippen LogP contribution in [0.2, 0.25) is 0 Å². The second-order valence-corrected chi connectivity index (χ2v) is 14.6. The largest absolute Gasteiger partial charge is 0.397 e. The number of benzene rings is 5. The number of nitrogens with zero attached hydrogens (tertiary/aromatic N) is 4. The second-order valence-electron chi connectivity index (χ2n) is 13.6. The van der Waals surface area contributed by atoms with Crippen LogP contribution in [0.4, 0.5) is 21.3 Å². The van der Waals surface area contributed by atoms with Crippen molar-refractivity contribution in [2.75, 3.05) is 42.4 Å². The number of urea groups is 1. The van der Waals surface area contributed by atoms with Crippen molar-refractivity contribution in [2.24, 2.45) is 11.3 Å². The summed E-state index contributed by atoms with van der Waals surface area (Å²) in [4.78, 5) is 20.9. The van der Waals surface area contributed by atoms with E-state index in [-0.39, 0.29) is 11.4 Å². The zero-order valence-corrected chi connectivity index (χ0v) is 29.4. The number of aromatic nitrogens is 1. The van der Waals surface area contributed by atoms with Gasteiger partial charge in [-0.1, -0.05) is 114 Å². The number of hydrogen-bond donors (Lipinski definition) is 3. The highest BCUT2D eigenvalue weighted by Crippen LogP contribution is 2.48. The molecule has 9 nitrogen and oxygen atoms in total. The third-order valence-corrected chi connectivity index (χ3v) is 11.1. The monoisotopic (exact) mass is 703 g/mol. The Labute approximate surface area is 306 Å². The maximum Gasteiger partial charge on any atom is 0.323 e. The smallest absolute Gasteiger partial charge is 0.323 e. The second kappa shape index (κ2) is 13.3. The van der Waals surface area contributed by atoms with Crippen LogP contribution in [0.5, 0.6) is 0 Å². The first-order chi connectivity index (χ1) is 25.3. The number of nitriles is 1. The van der Waals surface area contributed by atoms with Crippen LogP contribution in [0.1, 0.15) is 27.8 Å². The number of nitrogens with two attached hydrogens (primary N) is 2. The molecule has 2 fully saturated rings. The molecule has 0 atom stereocenters. The van der Waals surface area contributed by atoms with Gasteiger partial charge in [-0.25, -0.2) is 15.6 Å². The first-order valence-electron chi connectivity index (χ1n) is 17.1. The lowest BCUT2D eigenvalue weighted by Gasteiger charge is -2.54. The number of amides is 2. The van der Waals surface area contributed by atoms with Crippen LogP contribution in [0.15, 0.2) is 127 Å². The number of thiazole rings is 1. The summed E-state index contributed by atoms with van der Waals surface area (Å²) >= 11 is 1.37. The third-order valence-electron chi connectivity index (χ3n) is 10.1. The summed E-state index contributed by atoms with van der Waals surface area (Å²) < 4.78 is 5.39. The maximum absolute atomic E-state index is 13.3. The van der Waals surface area contributed by atoms with E-state index in [9.17, 15) is 10.1 Å². The number of likely N-dealkylation sites (tertiary alicyclic amines) is 1. The number of carbonyl (C=O) groups is 1. The number of carbonyl (C=O) groups excluding carboxylic acids is 1. The molecule has 1 aromatic heterocycles. The fourth-order valence-electron chi connectivity index (χ4n) is 7.40. The number of nitrogens with one attached hydrogen (secondary N) is 1. The third kappa shape index (κ3) is 5.65. The van der Waals surface area contributed by atoms with E-state index in [1.807, 2.05) is 91.9 Å². The van der Waals surface area contributed by atoms with E-state index in [1.165, 1.54) is 11.3 Å². The summed E-state index contributed by atoms with van der Waals surface area (Å²) in [6.07, 6.45) is 0. The fourth-order valence-corrected chi connectivity index (χ4v) is 8.36. The number of aryl methyl sites for hydroxylation is 1. The lowest BCUT2D eigenvalue weighted by atomic mass is 9.76. The number of anilines is 3. The Kier molecular flexibility index (Phi) is 8.47. The fraction of sp³-hybridized carbons (Fsp3) is 0.167. The summed E-state index contributed by atoms with van der Waals surface area (Å²) in [7, 11) is 0. The van der Waals surface area contributed by atoms with Crippen LogP contribution in [0.25, 0.3) is 21.7 Å². The Bertz CT molecular complexity index is 2200. The average Bonchev–Trinajstić information content (AvgIpc) is 3.57. The quantitative estimate of drug-likeness (QED) is 0.0638. The van der Waals surface area contributed by atoms with E-state index in [4.69, 9.17) is 21.3 Å². The molecule has 2 aliphatic heterocycles. The van der Waals surface area contributed by atoms with E-state index in [0.29, 0.717) is 54.1 Å². The van der Waals surface area contributed by atoms with Crippen molar-refractivity contribution in [1.82, 2.24) is 9.88 Å². The number of hydrazine groups is 1. The van der Waals surface area contributed by atoms with E-state index in [1.54, 1.807) is 16.0 Å². The van der Waals surface area contributed by atoms with Crippen molar-refractivity contribution in [1.29, 1.82) is 5.26 Å². The predicted octanol–water partition coefficient (Wildman–Crippen LogP) is 7.78. The van der Waals surface area contributed by atoms with E-state index in [2.05, 4.69) is 47.8 Å². The number of hydrogen-bond acceptors (Lipinski definition) is 8. The normalized spacial score (nSPS) is 14.6. The topological polar surface area (TPSA) is 134 Å². The van der Waals surface area contributed by atoms with Gasteiger partial charge < -0.3 is 15.4 Å². The molecule has 5 aromatic carbocycles. The molecule has 0 aliphatic carbocycles. The van der Waals surface area contributed by atoms with Crippen molar-refractivity contribution in [3.63, 3.8) is 0 Å². The SMILES string of the molecule is Cc1cc(-c2sc(NC(=O)N3CC4(COC4)C3)nc2-c2cccc(C#N)c2)cc(N(N)C(c2ccccc2)(c2ccccc2)c2ccccc2)c1N. The van der Waals surface area contributed by atoms with Crippen molar-refractivity contribution < 1.29 is 9.53 Å². The number of nitrogen functional groups attached to an aromatic ring is 1. The molecule has 6 aromatic rings. The molecule has 0 radical (unpaired) electrons. The standard InChI is InChI=1S/C42H37N7O2S/c1-28-20-31(38-37(30-13-11-12-29(21-30)23-43)46-39(52-38)47-40(50)48-24-41(25-48)26-51-27-41)22-35(36(28)44)49(45)42(32-14-5-2-6-15-32,33-16-7-3-8-17-33)34-18-9-4-10-19-34/h2-22H,24-27,44-45H2,1H3,(H,46,47,50). The van der Waals surface area contributed by atoms with Crippen molar-refractivity contribution >= 4 is 33.9 Å². The van der Waals surface area contributed by atoms with Crippen molar-refractivity contribution in [2.45, 2.75) is 12.5 Å². The summed E-state index contributed by atoms with van der Waals surface area (Å²) in [5, 5.41) is 15.0. The van der Waals surface area contributed by atoms with Gasteiger partial charge in [0.2, 0.25) is 0 Å². The molecule has 2 aliphatic rings. The Morgan fingerprint density at radius 1 is 0.885 bits per heavy atom. The Balaban J connectivity index is 1.28. The van der Waals surface area contributed by atoms with Gasteiger partial charge in [-0.15, -0.1) is 0 Å². The molecule has 5 N–H and O–H groups in total. The molecule has 3 heterocycles. The number of rotatable bonds is 8. The molecule has 52 heavy (non-hydrogen) atoms. The Hall–Kier alpha value is -5.99. The molecule has 2 saturated heterocycles. The Morgan fingerprint density at radius 2 is 1.48 bits per heavy atom. The highest BCUT2D eigenvalue weighted by molar-refractivity contribution is 7.19. The molecule has 10 heteroatoms. The lowest BCUT2D eigenvalue weighted by Crippen LogP contribution is -2.67. The molecule has 8 rings (SSSR count). The first kappa shape index (κ1) is 33.2. The van der Waals surface area contributed by atoms with Crippen molar-refractivity contribution in [3.05, 3.63) is 155 Å². The Morgan fingerprint density at radius 3 is 2.02 bits per heavy atom. The van der Waals surface area contributed by atoms with Gasteiger partial charge in [0.1, 0.15) is 5.54 Å². The highest BCUT2D eigenvalue weighted by atomic mass is 32.1. The van der Waals surface area contributed by atoms with Gasteiger partial charge in [0.25, 0.3) is 0 Å². The minimum Gasteiger partial charge on any atom is -0.397 e. The van der Waals surface area contributed by atoms with Crippen LogP contribution in [0.3, 0.4) is 0 Å². The minimum absolute atomic E-state index is 0.0920. The average molecular weight is 704 g/mol. The van der Waals surface area contributed by atoms with Gasteiger partial charge in [0, 0.05) is 18.7 Å². The molecule has 1 spiro atoms. The summed E-state index contributed by atoms with van der Waals surface area (Å²) in [5.74, 6) is 7.47. The maximum atomic E-state index is 13.3. The van der Waals surface area contributed by atoms with Gasteiger partial charge in [-0.3, -0.25) is 10.3 Å². The minimum atomic E-state index is -0.972.